The van der Waals surface area contributed by atoms with Crippen molar-refractivity contribution in [2.75, 3.05) is 13.2 Å². The van der Waals surface area contributed by atoms with E-state index in [2.05, 4.69) is 43.5 Å². The number of carbonyl (C=O) groups is 2. The fourth-order valence-corrected chi connectivity index (χ4v) is 10.2. The van der Waals surface area contributed by atoms with Crippen molar-refractivity contribution in [1.82, 2.24) is 5.32 Å². The van der Waals surface area contributed by atoms with Gasteiger partial charge in [-0.3, -0.25) is 9.59 Å². The van der Waals surface area contributed by atoms with Gasteiger partial charge in [-0.15, -0.1) is 0 Å². The molecular weight excluding hydrogens is 887 g/mol. The van der Waals surface area contributed by atoms with Crippen molar-refractivity contribution in [2.24, 2.45) is 0 Å². The van der Waals surface area contributed by atoms with Gasteiger partial charge in [0.1, 0.15) is 0 Å². The van der Waals surface area contributed by atoms with Crippen molar-refractivity contribution in [1.29, 1.82) is 0 Å². The molecule has 0 aliphatic heterocycles. The number of carbonyl (C=O) groups excluding carboxylic acids is 2. The molecule has 0 aliphatic carbocycles. The highest BCUT2D eigenvalue weighted by atomic mass is 16.5. The molecule has 0 heterocycles. The van der Waals surface area contributed by atoms with Gasteiger partial charge in [0, 0.05) is 12.8 Å². The third kappa shape index (κ3) is 57.6. The summed E-state index contributed by atoms with van der Waals surface area (Å²) in [5, 5.41) is 23.2. The number of nitrogens with one attached hydrogen (secondary N) is 1. The first-order valence-corrected chi connectivity index (χ1v) is 32.6. The molecule has 0 rings (SSSR count). The molecule has 426 valence electrons. The van der Waals surface area contributed by atoms with Crippen LogP contribution in [-0.2, 0) is 14.3 Å². The number of amides is 1. The normalized spacial score (nSPS) is 12.7. The summed E-state index contributed by atoms with van der Waals surface area (Å²) in [6, 6.07) is -0.537. The Hall–Kier alpha value is -1.66. The molecule has 0 aliphatic rings. The molecule has 72 heavy (non-hydrogen) atoms. The van der Waals surface area contributed by atoms with Crippen molar-refractivity contribution in [3.63, 3.8) is 0 Å². The molecule has 2 atom stereocenters. The molecule has 3 N–H and O–H groups in total. The lowest BCUT2D eigenvalue weighted by atomic mass is 10.0. The molecule has 1 amide bonds. The number of unbranched alkanes of at least 4 members (excludes halogenated alkanes) is 46. The Kier molecular flexibility index (Phi) is 60.5. The molecule has 6 heteroatoms. The van der Waals surface area contributed by atoms with Crippen LogP contribution in [-0.4, -0.2) is 47.4 Å². The minimum Gasteiger partial charge on any atom is -0.466 e. The van der Waals surface area contributed by atoms with Crippen LogP contribution in [0.4, 0.5) is 0 Å². The summed E-state index contributed by atoms with van der Waals surface area (Å²) in [4.78, 5) is 24.5. The van der Waals surface area contributed by atoms with Crippen LogP contribution in [0.3, 0.4) is 0 Å². The molecule has 0 saturated carbocycles. The molecule has 0 aromatic carbocycles. The van der Waals surface area contributed by atoms with E-state index in [4.69, 9.17) is 4.74 Å². The van der Waals surface area contributed by atoms with Crippen LogP contribution >= 0.6 is 0 Å². The first-order valence-electron chi connectivity index (χ1n) is 32.6. The second-order valence-corrected chi connectivity index (χ2v) is 22.5. The van der Waals surface area contributed by atoms with E-state index in [1.807, 2.05) is 0 Å². The average Bonchev–Trinajstić information content (AvgIpc) is 3.38. The zero-order chi connectivity index (χ0) is 52.2. The lowest BCUT2D eigenvalue weighted by molar-refractivity contribution is -0.143. The summed E-state index contributed by atoms with van der Waals surface area (Å²) < 4.78 is 5.48. The molecule has 0 radical (unpaired) electrons. The fraction of sp³-hybridized carbons (Fsp3) is 0.909. The minimum atomic E-state index is -0.660. The highest BCUT2D eigenvalue weighted by Gasteiger charge is 2.20. The number of aliphatic hydroxyl groups is 2. The third-order valence-electron chi connectivity index (χ3n) is 15.3. The van der Waals surface area contributed by atoms with Gasteiger partial charge in [0.25, 0.3) is 0 Å². The molecule has 0 spiro atoms. The average molecular weight is 1010 g/mol. The maximum absolute atomic E-state index is 12.5. The van der Waals surface area contributed by atoms with Crippen LogP contribution in [0.25, 0.3) is 0 Å². The van der Waals surface area contributed by atoms with Gasteiger partial charge < -0.3 is 20.3 Å². The lowest BCUT2D eigenvalue weighted by Crippen LogP contribution is -2.45. The third-order valence-corrected chi connectivity index (χ3v) is 15.3. The van der Waals surface area contributed by atoms with Crippen molar-refractivity contribution in [2.45, 2.75) is 373 Å². The number of hydrogen-bond donors (Lipinski definition) is 3. The maximum Gasteiger partial charge on any atom is 0.305 e. The zero-order valence-corrected chi connectivity index (χ0v) is 48.7. The molecule has 0 aromatic heterocycles. The molecule has 0 saturated heterocycles. The Bertz CT molecular complexity index is 1120. The highest BCUT2D eigenvalue weighted by molar-refractivity contribution is 5.76. The molecule has 6 nitrogen and oxygen atoms in total. The molecule has 0 bridgehead atoms. The van der Waals surface area contributed by atoms with Crippen molar-refractivity contribution in [3.8, 4) is 0 Å². The number of rotatable bonds is 61. The standard InChI is InChI=1S/C66H127NO5/c1-3-5-7-9-11-13-15-17-36-40-44-48-52-56-60-66(71)72-61-57-53-49-45-41-37-34-32-30-28-26-24-22-20-18-19-21-23-25-27-29-31-33-35-39-43-47-51-55-59-65(70)67-63(62-68)64(69)58-54-50-46-42-38-16-14-12-10-8-6-4-2/h9,11,15,17,63-64,68-69H,3-8,10,12-14,16,18-62H2,1-2H3,(H,67,70)/b11-9-,17-15-. The fourth-order valence-electron chi connectivity index (χ4n) is 10.2. The number of ether oxygens (including phenoxy) is 1. The highest BCUT2D eigenvalue weighted by Crippen LogP contribution is 2.18. The number of allylic oxidation sites excluding steroid dienone is 4. The van der Waals surface area contributed by atoms with Crippen molar-refractivity contribution >= 4 is 11.9 Å². The lowest BCUT2D eigenvalue weighted by Gasteiger charge is -2.22. The molecule has 0 fully saturated rings. The van der Waals surface area contributed by atoms with Gasteiger partial charge in [0.05, 0.1) is 25.4 Å². The van der Waals surface area contributed by atoms with Gasteiger partial charge in [-0.05, 0) is 51.4 Å². The summed E-state index contributed by atoms with van der Waals surface area (Å²) in [7, 11) is 0. The predicted octanol–water partition coefficient (Wildman–Crippen LogP) is 20.6. The van der Waals surface area contributed by atoms with E-state index in [9.17, 15) is 19.8 Å². The summed E-state index contributed by atoms with van der Waals surface area (Å²) >= 11 is 0. The van der Waals surface area contributed by atoms with E-state index in [-0.39, 0.29) is 18.5 Å². The second-order valence-electron chi connectivity index (χ2n) is 22.5. The largest absolute Gasteiger partial charge is 0.466 e. The number of aliphatic hydroxyl groups excluding tert-OH is 2. The monoisotopic (exact) mass is 1010 g/mol. The Labute approximate surface area is 450 Å². The summed E-state index contributed by atoms with van der Waals surface area (Å²) in [5.74, 6) is -0.0253. The predicted molar refractivity (Wildman–Crippen MR) is 315 cm³/mol. The van der Waals surface area contributed by atoms with Crippen LogP contribution in [0.1, 0.15) is 361 Å². The van der Waals surface area contributed by atoms with E-state index in [0.717, 1.165) is 51.4 Å². The smallest absolute Gasteiger partial charge is 0.305 e. The van der Waals surface area contributed by atoms with Crippen LogP contribution in [0, 0.1) is 0 Å². The van der Waals surface area contributed by atoms with Gasteiger partial charge in [-0.25, -0.2) is 0 Å². The van der Waals surface area contributed by atoms with Crippen LogP contribution < -0.4 is 5.32 Å². The van der Waals surface area contributed by atoms with Gasteiger partial charge in [-0.2, -0.15) is 0 Å². The Balaban J connectivity index is 3.32. The first kappa shape index (κ1) is 70.3. The van der Waals surface area contributed by atoms with Gasteiger partial charge in [0.2, 0.25) is 5.91 Å². The van der Waals surface area contributed by atoms with E-state index >= 15 is 0 Å². The minimum absolute atomic E-state index is 0.00508. The first-order chi connectivity index (χ1) is 35.5. The topological polar surface area (TPSA) is 95.9 Å². The molecular formula is C66H127NO5. The van der Waals surface area contributed by atoms with E-state index in [1.54, 1.807) is 0 Å². The maximum atomic E-state index is 12.5. The molecule has 0 aromatic rings. The summed E-state index contributed by atoms with van der Waals surface area (Å²) in [5.41, 5.74) is 0. The Morgan fingerprint density at radius 1 is 0.389 bits per heavy atom. The Morgan fingerprint density at radius 2 is 0.708 bits per heavy atom. The number of esters is 1. The van der Waals surface area contributed by atoms with Crippen LogP contribution in [0.15, 0.2) is 24.3 Å². The van der Waals surface area contributed by atoms with Gasteiger partial charge in [-0.1, -0.05) is 321 Å². The second kappa shape index (κ2) is 61.9. The number of hydrogen-bond acceptors (Lipinski definition) is 5. The Morgan fingerprint density at radius 3 is 1.10 bits per heavy atom. The quantitative estimate of drug-likeness (QED) is 0.0320. The molecule has 2 unspecified atom stereocenters. The van der Waals surface area contributed by atoms with Crippen molar-refractivity contribution in [3.05, 3.63) is 24.3 Å². The van der Waals surface area contributed by atoms with Crippen molar-refractivity contribution < 1.29 is 24.5 Å². The zero-order valence-electron chi connectivity index (χ0n) is 48.7. The van der Waals surface area contributed by atoms with E-state index in [0.29, 0.717) is 25.9 Å². The van der Waals surface area contributed by atoms with Crippen LogP contribution in [0.2, 0.25) is 0 Å². The van der Waals surface area contributed by atoms with E-state index < -0.39 is 12.1 Å². The summed E-state index contributed by atoms with van der Waals surface area (Å²) in [6.07, 6.45) is 76.4. The van der Waals surface area contributed by atoms with E-state index in [1.165, 1.54) is 276 Å². The van der Waals surface area contributed by atoms with Gasteiger partial charge in [0.15, 0.2) is 0 Å². The van der Waals surface area contributed by atoms with Crippen LogP contribution in [0.5, 0.6) is 0 Å². The SMILES string of the molecule is CCCC/C=C\C/C=C\CCCCCCCC(=O)OCCCCCCCCCCCCCCCCCCCCCCCCCCCCCCCC(=O)NC(CO)C(O)CCCCCCCCCCCCCC. The summed E-state index contributed by atoms with van der Waals surface area (Å²) in [6.45, 7) is 4.92. The van der Waals surface area contributed by atoms with Gasteiger partial charge >= 0.3 is 5.97 Å².